The number of carboxylic acid groups (broad SMARTS) is 1. The van der Waals surface area contributed by atoms with E-state index in [-0.39, 0.29) is 6.42 Å². The molecule has 0 amide bonds. The summed E-state index contributed by atoms with van der Waals surface area (Å²) in [6.07, 6.45) is -0.0696. The van der Waals surface area contributed by atoms with Crippen LogP contribution in [-0.2, 0) is 4.79 Å². The Balaban J connectivity index is 2.81. The first kappa shape index (κ1) is 9.80. The molecular formula is C9H13NO3. The lowest BCUT2D eigenvalue weighted by atomic mass is 10.1. The summed E-state index contributed by atoms with van der Waals surface area (Å²) in [7, 11) is 0. The van der Waals surface area contributed by atoms with E-state index in [0.29, 0.717) is 5.76 Å². The second-order valence-electron chi connectivity index (χ2n) is 3.07. The lowest BCUT2D eigenvalue weighted by Gasteiger charge is -2.06. The number of hydrogen-bond acceptors (Lipinski definition) is 3. The highest BCUT2D eigenvalue weighted by atomic mass is 16.4. The predicted molar refractivity (Wildman–Crippen MR) is 47.4 cm³/mol. The van der Waals surface area contributed by atoms with Crippen LogP contribution < -0.4 is 5.73 Å². The molecule has 1 atom stereocenters. The maximum atomic E-state index is 10.4. The molecule has 13 heavy (non-hydrogen) atoms. The van der Waals surface area contributed by atoms with Crippen molar-refractivity contribution in [2.45, 2.75) is 26.3 Å². The Kier molecular flexibility index (Phi) is 2.72. The molecular weight excluding hydrogens is 170 g/mol. The highest BCUT2D eigenvalue weighted by molar-refractivity contribution is 5.67. The second kappa shape index (κ2) is 3.62. The smallest absolute Gasteiger partial charge is 0.305 e. The van der Waals surface area contributed by atoms with Gasteiger partial charge in [0, 0.05) is 11.6 Å². The number of carboxylic acids is 1. The zero-order valence-electron chi connectivity index (χ0n) is 7.70. The minimum atomic E-state index is -0.897. The first-order valence-electron chi connectivity index (χ1n) is 4.05. The van der Waals surface area contributed by atoms with E-state index in [1.807, 2.05) is 6.92 Å². The number of nitrogens with two attached hydrogens (primary N) is 1. The van der Waals surface area contributed by atoms with E-state index < -0.39 is 12.0 Å². The van der Waals surface area contributed by atoms with Gasteiger partial charge >= 0.3 is 5.97 Å². The maximum Gasteiger partial charge on any atom is 0.305 e. The number of aryl methyl sites for hydroxylation is 2. The largest absolute Gasteiger partial charge is 0.481 e. The van der Waals surface area contributed by atoms with Gasteiger partial charge in [-0.2, -0.15) is 0 Å². The van der Waals surface area contributed by atoms with Crippen LogP contribution in [-0.4, -0.2) is 11.1 Å². The minimum absolute atomic E-state index is 0.0696. The van der Waals surface area contributed by atoms with Gasteiger partial charge in [-0.3, -0.25) is 4.79 Å². The van der Waals surface area contributed by atoms with E-state index in [4.69, 9.17) is 15.3 Å². The highest BCUT2D eigenvalue weighted by Crippen LogP contribution is 2.21. The van der Waals surface area contributed by atoms with Gasteiger partial charge in [0.1, 0.15) is 11.5 Å². The summed E-state index contributed by atoms with van der Waals surface area (Å²) in [5.74, 6) is 0.561. The Morgan fingerprint density at radius 2 is 2.31 bits per heavy atom. The molecule has 0 bridgehead atoms. The van der Waals surface area contributed by atoms with Crippen molar-refractivity contribution in [2.24, 2.45) is 5.73 Å². The Hall–Kier alpha value is -1.29. The van der Waals surface area contributed by atoms with Crippen LogP contribution in [0.1, 0.15) is 29.5 Å². The number of furan rings is 1. The summed E-state index contributed by atoms with van der Waals surface area (Å²) in [6, 6.07) is 1.30. The molecule has 3 N–H and O–H groups in total. The standard InChI is InChI=1S/C9H13NO3/c1-5-3-7(6(2)13-5)8(10)4-9(11)12/h3,8H,4,10H2,1-2H3,(H,11,12). The van der Waals surface area contributed by atoms with Crippen LogP contribution in [0.4, 0.5) is 0 Å². The van der Waals surface area contributed by atoms with Crippen molar-refractivity contribution in [1.29, 1.82) is 0 Å². The van der Waals surface area contributed by atoms with Crippen molar-refractivity contribution in [3.05, 3.63) is 23.2 Å². The fraction of sp³-hybridized carbons (Fsp3) is 0.444. The normalized spacial score (nSPS) is 12.8. The molecule has 1 unspecified atom stereocenters. The molecule has 0 spiro atoms. The number of rotatable bonds is 3. The monoisotopic (exact) mass is 183 g/mol. The number of carbonyl (C=O) groups is 1. The van der Waals surface area contributed by atoms with Crippen LogP contribution in [0.2, 0.25) is 0 Å². The predicted octanol–water partition coefficient (Wildman–Crippen LogP) is 1.37. The molecule has 0 aliphatic rings. The summed E-state index contributed by atoms with van der Waals surface area (Å²) in [4.78, 5) is 10.4. The van der Waals surface area contributed by atoms with E-state index in [0.717, 1.165) is 11.3 Å². The zero-order chi connectivity index (χ0) is 10.0. The first-order valence-corrected chi connectivity index (χ1v) is 4.05. The summed E-state index contributed by atoms with van der Waals surface area (Å²) >= 11 is 0. The molecule has 0 aliphatic carbocycles. The van der Waals surface area contributed by atoms with Gasteiger partial charge in [-0.05, 0) is 19.9 Å². The van der Waals surface area contributed by atoms with Gasteiger partial charge in [0.15, 0.2) is 0 Å². The Bertz CT molecular complexity index is 317. The highest BCUT2D eigenvalue weighted by Gasteiger charge is 2.15. The minimum Gasteiger partial charge on any atom is -0.481 e. The molecule has 1 rings (SSSR count). The molecule has 1 aromatic rings. The SMILES string of the molecule is Cc1cc(C(N)CC(=O)O)c(C)o1. The molecule has 0 fully saturated rings. The lowest BCUT2D eigenvalue weighted by molar-refractivity contribution is -0.137. The van der Waals surface area contributed by atoms with E-state index in [9.17, 15) is 4.79 Å². The third-order valence-corrected chi connectivity index (χ3v) is 1.87. The zero-order valence-corrected chi connectivity index (χ0v) is 7.70. The van der Waals surface area contributed by atoms with Crippen molar-refractivity contribution in [3.63, 3.8) is 0 Å². The maximum absolute atomic E-state index is 10.4. The summed E-state index contributed by atoms with van der Waals surface area (Å²) < 4.78 is 5.24. The average molecular weight is 183 g/mol. The van der Waals surface area contributed by atoms with Crippen molar-refractivity contribution in [2.75, 3.05) is 0 Å². The number of hydrogen-bond donors (Lipinski definition) is 2. The summed E-state index contributed by atoms with van der Waals surface area (Å²) in [5, 5.41) is 8.53. The quantitative estimate of drug-likeness (QED) is 0.742. The lowest BCUT2D eigenvalue weighted by Crippen LogP contribution is -2.15. The van der Waals surface area contributed by atoms with Gasteiger partial charge < -0.3 is 15.3 Å². The van der Waals surface area contributed by atoms with E-state index in [1.165, 1.54) is 0 Å². The molecule has 4 heteroatoms. The molecule has 1 heterocycles. The van der Waals surface area contributed by atoms with Gasteiger partial charge in [-0.25, -0.2) is 0 Å². The van der Waals surface area contributed by atoms with Gasteiger partial charge in [-0.1, -0.05) is 0 Å². The van der Waals surface area contributed by atoms with Crippen LogP contribution in [0.25, 0.3) is 0 Å². The Morgan fingerprint density at radius 1 is 1.69 bits per heavy atom. The van der Waals surface area contributed by atoms with Gasteiger partial charge in [0.25, 0.3) is 0 Å². The van der Waals surface area contributed by atoms with Crippen molar-refractivity contribution >= 4 is 5.97 Å². The van der Waals surface area contributed by atoms with Crippen LogP contribution in [0.15, 0.2) is 10.5 Å². The molecule has 0 saturated heterocycles. The molecule has 0 aliphatic heterocycles. The topological polar surface area (TPSA) is 76.5 Å². The molecule has 0 aromatic carbocycles. The van der Waals surface area contributed by atoms with Crippen LogP contribution in [0.3, 0.4) is 0 Å². The molecule has 4 nitrogen and oxygen atoms in total. The van der Waals surface area contributed by atoms with Crippen molar-refractivity contribution in [3.8, 4) is 0 Å². The van der Waals surface area contributed by atoms with Crippen molar-refractivity contribution in [1.82, 2.24) is 0 Å². The Morgan fingerprint density at radius 3 is 2.69 bits per heavy atom. The first-order chi connectivity index (χ1) is 6.00. The Labute approximate surface area is 76.3 Å². The van der Waals surface area contributed by atoms with E-state index >= 15 is 0 Å². The van der Waals surface area contributed by atoms with E-state index in [2.05, 4.69) is 0 Å². The van der Waals surface area contributed by atoms with Gasteiger partial charge in [0.2, 0.25) is 0 Å². The van der Waals surface area contributed by atoms with Crippen molar-refractivity contribution < 1.29 is 14.3 Å². The van der Waals surface area contributed by atoms with Crippen LogP contribution >= 0.6 is 0 Å². The van der Waals surface area contributed by atoms with E-state index in [1.54, 1.807) is 13.0 Å². The number of aliphatic carboxylic acids is 1. The molecule has 0 saturated carbocycles. The average Bonchev–Trinajstić information content (AvgIpc) is 2.28. The van der Waals surface area contributed by atoms with Gasteiger partial charge in [-0.15, -0.1) is 0 Å². The second-order valence-corrected chi connectivity index (χ2v) is 3.07. The summed E-state index contributed by atoms with van der Waals surface area (Å²) in [6.45, 7) is 3.59. The fourth-order valence-electron chi connectivity index (χ4n) is 1.32. The third-order valence-electron chi connectivity index (χ3n) is 1.87. The summed E-state index contributed by atoms with van der Waals surface area (Å²) in [5.41, 5.74) is 6.45. The van der Waals surface area contributed by atoms with Crippen LogP contribution in [0.5, 0.6) is 0 Å². The molecule has 72 valence electrons. The fourth-order valence-corrected chi connectivity index (χ4v) is 1.32. The molecule has 0 radical (unpaired) electrons. The third kappa shape index (κ3) is 2.32. The molecule has 1 aromatic heterocycles. The van der Waals surface area contributed by atoms with Crippen LogP contribution in [0, 0.1) is 13.8 Å². The van der Waals surface area contributed by atoms with Gasteiger partial charge in [0.05, 0.1) is 6.42 Å².